The second-order valence-corrected chi connectivity index (χ2v) is 7.36. The van der Waals surface area contributed by atoms with Crippen molar-refractivity contribution in [1.82, 2.24) is 15.1 Å². The summed E-state index contributed by atoms with van der Waals surface area (Å²) in [6.07, 6.45) is 3.19. The second-order valence-electron chi connectivity index (χ2n) is 7.36. The zero-order valence-corrected chi connectivity index (χ0v) is 18.6. The monoisotopic (exact) mass is 472 g/mol. The van der Waals surface area contributed by atoms with Crippen LogP contribution in [0.3, 0.4) is 0 Å². The van der Waals surface area contributed by atoms with Crippen LogP contribution < -0.4 is 5.32 Å². The van der Waals surface area contributed by atoms with E-state index in [1.807, 2.05) is 7.05 Å². The van der Waals surface area contributed by atoms with Crippen LogP contribution in [0.4, 0.5) is 0 Å². The van der Waals surface area contributed by atoms with E-state index in [4.69, 9.17) is 4.74 Å². The van der Waals surface area contributed by atoms with Gasteiger partial charge in [-0.05, 0) is 37.8 Å². The molecule has 2 fully saturated rings. The number of hydrogen-bond acceptors (Lipinski definition) is 3. The van der Waals surface area contributed by atoms with E-state index < -0.39 is 0 Å². The largest absolute Gasteiger partial charge is 0.373 e. The lowest BCUT2D eigenvalue weighted by Crippen LogP contribution is -2.44. The smallest absolute Gasteiger partial charge is 0.193 e. The molecule has 2 aliphatic heterocycles. The highest BCUT2D eigenvalue weighted by Crippen LogP contribution is 2.15. The molecule has 0 aliphatic carbocycles. The summed E-state index contributed by atoms with van der Waals surface area (Å²) in [7, 11) is 1.87. The van der Waals surface area contributed by atoms with Crippen LogP contribution in [-0.2, 0) is 17.8 Å². The van der Waals surface area contributed by atoms with Crippen LogP contribution in [-0.4, -0.2) is 61.2 Å². The maximum atomic E-state index is 5.82. The Morgan fingerprint density at radius 2 is 1.65 bits per heavy atom. The number of guanidine groups is 1. The number of morpholine rings is 1. The van der Waals surface area contributed by atoms with Gasteiger partial charge in [-0.2, -0.15) is 0 Å². The number of benzene rings is 1. The summed E-state index contributed by atoms with van der Waals surface area (Å²) in [6.45, 7) is 10.4. The second kappa shape index (κ2) is 10.5. The van der Waals surface area contributed by atoms with E-state index in [-0.39, 0.29) is 24.0 Å². The molecule has 5 nitrogen and oxygen atoms in total. The average molecular weight is 472 g/mol. The van der Waals surface area contributed by atoms with Gasteiger partial charge >= 0.3 is 0 Å². The van der Waals surface area contributed by atoms with Crippen LogP contribution in [0.1, 0.15) is 37.8 Å². The first kappa shape index (κ1) is 21.4. The molecule has 1 N–H and O–H groups in total. The molecule has 0 aromatic heterocycles. The van der Waals surface area contributed by atoms with Crippen LogP contribution in [0.2, 0.25) is 0 Å². The lowest BCUT2D eigenvalue weighted by Gasteiger charge is -2.35. The molecule has 0 saturated carbocycles. The van der Waals surface area contributed by atoms with Crippen molar-refractivity contribution in [3.8, 4) is 0 Å². The summed E-state index contributed by atoms with van der Waals surface area (Å²) in [5, 5.41) is 3.49. The lowest BCUT2D eigenvalue weighted by atomic mass is 10.1. The van der Waals surface area contributed by atoms with Crippen molar-refractivity contribution in [2.75, 3.05) is 33.2 Å². The molecule has 2 atom stereocenters. The van der Waals surface area contributed by atoms with Crippen molar-refractivity contribution < 1.29 is 4.74 Å². The number of nitrogens with zero attached hydrogens (tertiary/aromatic N) is 3. The van der Waals surface area contributed by atoms with E-state index in [1.54, 1.807) is 0 Å². The summed E-state index contributed by atoms with van der Waals surface area (Å²) in [5.74, 6) is 1.03. The number of likely N-dealkylation sites (tertiary alicyclic amines) is 1. The minimum Gasteiger partial charge on any atom is -0.373 e. The molecule has 2 heterocycles. The van der Waals surface area contributed by atoms with Gasteiger partial charge in [0, 0.05) is 46.3 Å². The molecule has 0 radical (unpaired) electrons. The third kappa shape index (κ3) is 6.09. The predicted molar refractivity (Wildman–Crippen MR) is 118 cm³/mol. The molecule has 6 heteroatoms. The number of hydrogen-bond donors (Lipinski definition) is 1. The van der Waals surface area contributed by atoms with E-state index in [1.165, 1.54) is 24.0 Å². The normalized spacial score (nSPS) is 24.4. The van der Waals surface area contributed by atoms with Gasteiger partial charge in [-0.25, -0.2) is 0 Å². The fourth-order valence-electron chi connectivity index (χ4n) is 3.88. The molecule has 0 spiro atoms. The maximum absolute atomic E-state index is 5.82. The van der Waals surface area contributed by atoms with Crippen LogP contribution in [0, 0.1) is 0 Å². The van der Waals surface area contributed by atoms with Gasteiger partial charge in [0.25, 0.3) is 0 Å². The lowest BCUT2D eigenvalue weighted by molar-refractivity contribution is -0.0704. The van der Waals surface area contributed by atoms with Gasteiger partial charge < -0.3 is 15.0 Å². The van der Waals surface area contributed by atoms with Crippen molar-refractivity contribution in [1.29, 1.82) is 0 Å². The Hall–Kier alpha value is -0.860. The first-order chi connectivity index (χ1) is 12.1. The van der Waals surface area contributed by atoms with Crippen molar-refractivity contribution in [3.05, 3.63) is 35.4 Å². The summed E-state index contributed by atoms with van der Waals surface area (Å²) in [4.78, 5) is 9.24. The Labute approximate surface area is 175 Å². The standard InChI is InChI=1S/C20H32N4O.HI/c1-16-13-23(14-17(2)25-16)15-19-8-6-18(7-9-19)12-22-20(21-3)24-10-4-5-11-24;/h6-9,16-17H,4-5,10-15H2,1-3H3,(H,21,22);1H. The summed E-state index contributed by atoms with van der Waals surface area (Å²) in [6, 6.07) is 8.96. The highest BCUT2D eigenvalue weighted by atomic mass is 127. The van der Waals surface area contributed by atoms with Gasteiger partial charge in [0.15, 0.2) is 5.96 Å². The molecule has 146 valence electrons. The van der Waals surface area contributed by atoms with Crippen LogP contribution >= 0.6 is 24.0 Å². The Kier molecular flexibility index (Phi) is 8.63. The molecule has 1 aromatic carbocycles. The minimum absolute atomic E-state index is 0. The van der Waals surface area contributed by atoms with Gasteiger partial charge in [-0.15, -0.1) is 24.0 Å². The number of ether oxygens (including phenoxy) is 1. The maximum Gasteiger partial charge on any atom is 0.193 e. The number of rotatable bonds is 4. The summed E-state index contributed by atoms with van der Waals surface area (Å²) >= 11 is 0. The molecule has 2 saturated heterocycles. The van der Waals surface area contributed by atoms with Crippen molar-refractivity contribution in [2.24, 2.45) is 4.99 Å². The van der Waals surface area contributed by atoms with Crippen molar-refractivity contribution in [2.45, 2.75) is 52.0 Å². The van der Waals surface area contributed by atoms with Crippen molar-refractivity contribution in [3.63, 3.8) is 0 Å². The SMILES string of the molecule is CN=C(NCc1ccc(CN2CC(C)OC(C)C2)cc1)N1CCCC1.I. The fourth-order valence-corrected chi connectivity index (χ4v) is 3.88. The van der Waals surface area contributed by atoms with E-state index in [2.05, 4.69) is 58.2 Å². The minimum atomic E-state index is 0. The van der Waals surface area contributed by atoms with Gasteiger partial charge in [0.2, 0.25) is 0 Å². The van der Waals surface area contributed by atoms with Crippen molar-refractivity contribution >= 4 is 29.9 Å². The first-order valence-electron chi connectivity index (χ1n) is 9.55. The number of aliphatic imine (C=N–C) groups is 1. The highest BCUT2D eigenvalue weighted by molar-refractivity contribution is 14.0. The van der Waals surface area contributed by atoms with E-state index in [9.17, 15) is 0 Å². The van der Waals surface area contributed by atoms with Gasteiger partial charge in [-0.3, -0.25) is 9.89 Å². The Bertz CT molecular complexity index is 562. The predicted octanol–water partition coefficient (Wildman–Crippen LogP) is 3.09. The molecule has 0 bridgehead atoms. The molecular weight excluding hydrogens is 439 g/mol. The summed E-state index contributed by atoms with van der Waals surface area (Å²) in [5.41, 5.74) is 2.67. The Balaban J connectivity index is 0.00000243. The van der Waals surface area contributed by atoms with E-state index in [0.29, 0.717) is 12.2 Å². The molecule has 2 aliphatic rings. The Morgan fingerprint density at radius 1 is 1.08 bits per heavy atom. The molecule has 3 rings (SSSR count). The molecule has 2 unspecified atom stereocenters. The topological polar surface area (TPSA) is 40.1 Å². The van der Waals surface area contributed by atoms with Crippen LogP contribution in [0.15, 0.2) is 29.3 Å². The molecule has 1 aromatic rings. The third-order valence-corrected chi connectivity index (χ3v) is 4.99. The zero-order valence-electron chi connectivity index (χ0n) is 16.3. The van der Waals surface area contributed by atoms with Crippen LogP contribution in [0.5, 0.6) is 0 Å². The fraction of sp³-hybridized carbons (Fsp3) is 0.650. The van der Waals surface area contributed by atoms with Crippen LogP contribution in [0.25, 0.3) is 0 Å². The van der Waals surface area contributed by atoms with E-state index >= 15 is 0 Å². The molecule has 0 amide bonds. The average Bonchev–Trinajstić information content (AvgIpc) is 3.10. The molecular formula is C20H33IN4O. The number of halogens is 1. The Morgan fingerprint density at radius 3 is 2.23 bits per heavy atom. The number of nitrogens with one attached hydrogen (secondary N) is 1. The van der Waals surface area contributed by atoms with Gasteiger partial charge in [0.1, 0.15) is 0 Å². The van der Waals surface area contributed by atoms with Gasteiger partial charge in [-0.1, -0.05) is 24.3 Å². The quantitative estimate of drug-likeness (QED) is 0.416. The summed E-state index contributed by atoms with van der Waals surface area (Å²) < 4.78 is 5.82. The third-order valence-electron chi connectivity index (χ3n) is 4.99. The van der Waals surface area contributed by atoms with E-state index in [0.717, 1.165) is 45.2 Å². The zero-order chi connectivity index (χ0) is 17.6. The van der Waals surface area contributed by atoms with Gasteiger partial charge in [0.05, 0.1) is 12.2 Å². The first-order valence-corrected chi connectivity index (χ1v) is 9.55. The molecule has 26 heavy (non-hydrogen) atoms. The highest BCUT2D eigenvalue weighted by Gasteiger charge is 2.22.